The lowest BCUT2D eigenvalue weighted by Crippen LogP contribution is -2.04. The Hall–Kier alpha value is -2.51. The fourth-order valence-electron chi connectivity index (χ4n) is 2.50. The topological polar surface area (TPSA) is 38.9 Å². The third-order valence-corrected chi connectivity index (χ3v) is 4.97. The first-order valence-corrected chi connectivity index (χ1v) is 8.96. The van der Waals surface area contributed by atoms with Gasteiger partial charge in [-0.15, -0.1) is 0 Å². The average molecular weight is 407 g/mol. The van der Waals surface area contributed by atoms with Crippen molar-refractivity contribution in [2.45, 2.75) is 16.1 Å². The van der Waals surface area contributed by atoms with E-state index in [1.165, 1.54) is 6.07 Å². The van der Waals surface area contributed by atoms with E-state index in [1.807, 2.05) is 0 Å². The monoisotopic (exact) mass is 406 g/mol. The highest BCUT2D eigenvalue weighted by molar-refractivity contribution is 7.99. The summed E-state index contributed by atoms with van der Waals surface area (Å²) >= 11 is 7.09. The van der Waals surface area contributed by atoms with Crippen molar-refractivity contribution in [2.24, 2.45) is 0 Å². The average Bonchev–Trinajstić information content (AvgIpc) is 3.04. The molecule has 136 valence electrons. The summed E-state index contributed by atoms with van der Waals surface area (Å²) in [7, 11) is 0. The van der Waals surface area contributed by atoms with Crippen LogP contribution in [0.15, 0.2) is 75.1 Å². The number of oxazole rings is 1. The lowest BCUT2D eigenvalue weighted by molar-refractivity contribution is -0.137. The molecule has 0 spiro atoms. The molecule has 4 aromatic rings. The zero-order valence-corrected chi connectivity index (χ0v) is 15.1. The van der Waals surface area contributed by atoms with Gasteiger partial charge in [0.1, 0.15) is 10.5 Å². The molecule has 0 aliphatic heterocycles. The Bertz CT molecular complexity index is 1130. The van der Waals surface area contributed by atoms with E-state index in [2.05, 4.69) is 9.97 Å². The number of benzene rings is 2. The second-order valence-corrected chi connectivity index (χ2v) is 7.11. The number of alkyl halides is 3. The van der Waals surface area contributed by atoms with E-state index in [0.717, 1.165) is 23.9 Å². The molecule has 2 aromatic heterocycles. The lowest BCUT2D eigenvalue weighted by atomic mass is 10.2. The molecule has 0 N–H and O–H groups in total. The standard InChI is InChI=1S/C19H10ClF3N2OS/c20-12-6-7-16-15(10-12)25-17(26-16)14-5-2-8-24-18(14)27-13-4-1-3-11(9-13)19(21,22)23/h1-10H. The van der Waals surface area contributed by atoms with E-state index in [-0.39, 0.29) is 0 Å². The van der Waals surface area contributed by atoms with Crippen LogP contribution in [0, 0.1) is 0 Å². The molecule has 4 rings (SSSR count). The van der Waals surface area contributed by atoms with E-state index >= 15 is 0 Å². The molecule has 8 heteroatoms. The minimum Gasteiger partial charge on any atom is -0.436 e. The van der Waals surface area contributed by atoms with E-state index in [4.69, 9.17) is 16.0 Å². The van der Waals surface area contributed by atoms with Crippen LogP contribution in [0.4, 0.5) is 13.2 Å². The van der Waals surface area contributed by atoms with Gasteiger partial charge in [0.25, 0.3) is 0 Å². The number of hydrogen-bond acceptors (Lipinski definition) is 4. The first kappa shape index (κ1) is 17.9. The lowest BCUT2D eigenvalue weighted by Gasteiger charge is -2.09. The van der Waals surface area contributed by atoms with Gasteiger partial charge >= 0.3 is 6.18 Å². The molecule has 0 aliphatic rings. The summed E-state index contributed by atoms with van der Waals surface area (Å²) in [6.45, 7) is 0. The normalized spacial score (nSPS) is 11.9. The first-order chi connectivity index (χ1) is 12.9. The van der Waals surface area contributed by atoms with Crippen molar-refractivity contribution in [3.05, 3.63) is 71.4 Å². The van der Waals surface area contributed by atoms with Crippen molar-refractivity contribution in [3.8, 4) is 11.5 Å². The van der Waals surface area contributed by atoms with Gasteiger partial charge in [-0.3, -0.25) is 0 Å². The molecular formula is C19H10ClF3N2OS. The smallest absolute Gasteiger partial charge is 0.416 e. The van der Waals surface area contributed by atoms with Crippen LogP contribution in [0.2, 0.25) is 5.02 Å². The van der Waals surface area contributed by atoms with Gasteiger partial charge in [0, 0.05) is 16.1 Å². The largest absolute Gasteiger partial charge is 0.436 e. The van der Waals surface area contributed by atoms with Crippen LogP contribution in [0.3, 0.4) is 0 Å². The van der Waals surface area contributed by atoms with Crippen LogP contribution < -0.4 is 0 Å². The van der Waals surface area contributed by atoms with Gasteiger partial charge in [0.2, 0.25) is 5.89 Å². The van der Waals surface area contributed by atoms with Crippen molar-refractivity contribution >= 4 is 34.5 Å². The molecule has 0 atom stereocenters. The summed E-state index contributed by atoms with van der Waals surface area (Å²) < 4.78 is 44.6. The molecule has 0 radical (unpaired) electrons. The second kappa shape index (κ2) is 6.90. The summed E-state index contributed by atoms with van der Waals surface area (Å²) in [5.41, 5.74) is 1.04. The highest BCUT2D eigenvalue weighted by atomic mass is 35.5. The molecule has 0 bridgehead atoms. The Balaban J connectivity index is 1.73. The van der Waals surface area contributed by atoms with Gasteiger partial charge in [0.15, 0.2) is 5.58 Å². The Morgan fingerprint density at radius 2 is 1.85 bits per heavy atom. The minimum atomic E-state index is -4.40. The number of aromatic nitrogens is 2. The SMILES string of the molecule is FC(F)(F)c1cccc(Sc2ncccc2-c2nc3cc(Cl)ccc3o2)c1. The van der Waals surface area contributed by atoms with Crippen molar-refractivity contribution < 1.29 is 17.6 Å². The summed E-state index contributed by atoms with van der Waals surface area (Å²) in [6.07, 6.45) is -2.83. The fraction of sp³-hybridized carbons (Fsp3) is 0.0526. The quantitative estimate of drug-likeness (QED) is 0.379. The summed E-state index contributed by atoms with van der Waals surface area (Å²) in [6, 6.07) is 13.7. The number of hydrogen-bond donors (Lipinski definition) is 0. The third-order valence-electron chi connectivity index (χ3n) is 3.73. The minimum absolute atomic E-state index is 0.329. The molecule has 0 amide bonds. The summed E-state index contributed by atoms with van der Waals surface area (Å²) in [5, 5.41) is 1.03. The van der Waals surface area contributed by atoms with Crippen LogP contribution in [0.25, 0.3) is 22.6 Å². The van der Waals surface area contributed by atoms with Crippen LogP contribution in [-0.2, 0) is 6.18 Å². The van der Waals surface area contributed by atoms with Crippen molar-refractivity contribution in [1.82, 2.24) is 9.97 Å². The van der Waals surface area contributed by atoms with E-state index < -0.39 is 11.7 Å². The molecule has 2 aromatic carbocycles. The third kappa shape index (κ3) is 3.79. The Morgan fingerprint density at radius 1 is 1.00 bits per heavy atom. The van der Waals surface area contributed by atoms with Crippen molar-refractivity contribution in [1.29, 1.82) is 0 Å². The Kier molecular flexibility index (Phi) is 4.57. The molecule has 0 unspecified atom stereocenters. The molecule has 3 nitrogen and oxygen atoms in total. The summed E-state index contributed by atoms with van der Waals surface area (Å²) in [5.74, 6) is 0.329. The zero-order valence-electron chi connectivity index (χ0n) is 13.5. The van der Waals surface area contributed by atoms with Crippen LogP contribution in [-0.4, -0.2) is 9.97 Å². The van der Waals surface area contributed by atoms with Gasteiger partial charge < -0.3 is 4.42 Å². The highest BCUT2D eigenvalue weighted by Gasteiger charge is 2.30. The Labute approximate surface area is 161 Å². The maximum absolute atomic E-state index is 12.9. The molecule has 0 aliphatic carbocycles. The fourth-order valence-corrected chi connectivity index (χ4v) is 3.60. The van der Waals surface area contributed by atoms with Gasteiger partial charge in [-0.05, 0) is 48.5 Å². The first-order valence-electron chi connectivity index (χ1n) is 7.77. The highest BCUT2D eigenvalue weighted by Crippen LogP contribution is 2.38. The predicted octanol–water partition coefficient (Wildman–Crippen LogP) is 6.71. The van der Waals surface area contributed by atoms with E-state index in [0.29, 0.717) is 37.5 Å². The van der Waals surface area contributed by atoms with E-state index in [1.54, 1.807) is 42.6 Å². The number of nitrogens with zero attached hydrogens (tertiary/aromatic N) is 2. The van der Waals surface area contributed by atoms with Crippen LogP contribution in [0.1, 0.15) is 5.56 Å². The Morgan fingerprint density at radius 3 is 2.67 bits per heavy atom. The second-order valence-electron chi connectivity index (χ2n) is 5.61. The van der Waals surface area contributed by atoms with Crippen molar-refractivity contribution in [2.75, 3.05) is 0 Å². The maximum Gasteiger partial charge on any atom is 0.416 e. The van der Waals surface area contributed by atoms with Gasteiger partial charge in [-0.25, -0.2) is 9.97 Å². The maximum atomic E-state index is 12.9. The molecule has 0 fully saturated rings. The van der Waals surface area contributed by atoms with Crippen molar-refractivity contribution in [3.63, 3.8) is 0 Å². The van der Waals surface area contributed by atoms with Crippen LogP contribution >= 0.6 is 23.4 Å². The van der Waals surface area contributed by atoms with Gasteiger partial charge in [0.05, 0.1) is 11.1 Å². The van der Waals surface area contributed by atoms with E-state index in [9.17, 15) is 13.2 Å². The molecule has 27 heavy (non-hydrogen) atoms. The van der Waals surface area contributed by atoms with Crippen LogP contribution in [0.5, 0.6) is 0 Å². The molecule has 0 saturated heterocycles. The molecule has 2 heterocycles. The van der Waals surface area contributed by atoms with Gasteiger partial charge in [-0.2, -0.15) is 13.2 Å². The van der Waals surface area contributed by atoms with Gasteiger partial charge in [-0.1, -0.05) is 29.4 Å². The number of pyridine rings is 1. The molecular weight excluding hydrogens is 397 g/mol. The number of halogens is 4. The zero-order chi connectivity index (χ0) is 19.0. The number of rotatable bonds is 3. The summed E-state index contributed by atoms with van der Waals surface area (Å²) in [4.78, 5) is 9.12. The number of fused-ring (bicyclic) bond motifs is 1. The predicted molar refractivity (Wildman–Crippen MR) is 97.8 cm³/mol. The molecule has 0 saturated carbocycles.